The lowest BCUT2D eigenvalue weighted by Crippen LogP contribution is -2.01. The van der Waals surface area contributed by atoms with E-state index in [1.807, 2.05) is 66.7 Å². The summed E-state index contributed by atoms with van der Waals surface area (Å²) in [6.07, 6.45) is -2.73. The third-order valence-corrected chi connectivity index (χ3v) is 9.88. The van der Waals surface area contributed by atoms with E-state index in [2.05, 4.69) is 0 Å². The van der Waals surface area contributed by atoms with Crippen LogP contribution in [0.3, 0.4) is 0 Å². The second kappa shape index (κ2) is 11.9. The van der Waals surface area contributed by atoms with Crippen molar-refractivity contribution < 1.29 is 17.8 Å². The maximum atomic E-state index is 9.49. The number of nitrogens with zero attached hydrogens (tertiary/aromatic N) is 1. The molecule has 0 spiro atoms. The molecular weight excluding hydrogens is 615 g/mol. The van der Waals surface area contributed by atoms with Gasteiger partial charge in [0.05, 0.1) is 22.2 Å². The number of hydrogen-bond donors (Lipinski definition) is 0. The number of benzene rings is 9. The zero-order valence-corrected chi connectivity index (χ0v) is 27.1. The van der Waals surface area contributed by atoms with Gasteiger partial charge in [-0.25, -0.2) is 0 Å². The maximum absolute atomic E-state index is 9.49. The van der Waals surface area contributed by atoms with E-state index >= 15 is 0 Å². The molecule has 1 heteroatoms. The molecule has 0 saturated carbocycles. The van der Waals surface area contributed by atoms with Crippen molar-refractivity contribution in [2.45, 2.75) is 13.2 Å². The minimum Gasteiger partial charge on any atom is -0.313 e. The summed E-state index contributed by atoms with van der Waals surface area (Å²) in [5.41, 5.74) is 3.82. The van der Waals surface area contributed by atoms with Crippen LogP contribution in [0.5, 0.6) is 0 Å². The molecule has 0 atom stereocenters. The summed E-state index contributed by atoms with van der Waals surface area (Å²) in [6.45, 7) is -2.98. The van der Waals surface area contributed by atoms with E-state index in [9.17, 15) is 5.48 Å². The number of para-hydroxylation sites is 2. The predicted octanol–water partition coefficient (Wildman–Crippen LogP) is 13.8. The Balaban J connectivity index is 1.29. The first-order chi connectivity index (χ1) is 30.5. The highest BCUT2D eigenvalue weighted by molar-refractivity contribution is 6.25. The smallest absolute Gasteiger partial charge is 0.0629 e. The number of aromatic nitrogens is 1. The molecule has 0 saturated heterocycles. The highest BCUT2D eigenvalue weighted by Crippen LogP contribution is 2.46. The van der Waals surface area contributed by atoms with E-state index in [4.69, 9.17) is 12.3 Å². The van der Waals surface area contributed by atoms with Gasteiger partial charge in [-0.1, -0.05) is 164 Å². The zero-order chi connectivity index (χ0) is 45.1. The molecule has 10 rings (SSSR count). The van der Waals surface area contributed by atoms with Crippen molar-refractivity contribution in [3.63, 3.8) is 0 Å². The van der Waals surface area contributed by atoms with E-state index < -0.39 is 37.4 Å². The van der Waals surface area contributed by atoms with Crippen LogP contribution in [0.15, 0.2) is 182 Å². The third-order valence-electron chi connectivity index (χ3n) is 9.88. The molecular formula is C50H35N. The summed E-state index contributed by atoms with van der Waals surface area (Å²) in [4.78, 5) is 0. The number of hydrogen-bond acceptors (Lipinski definition) is 0. The Bertz CT molecular complexity index is 3530. The fourth-order valence-electron chi connectivity index (χ4n) is 7.68. The van der Waals surface area contributed by atoms with Crippen molar-refractivity contribution >= 4 is 54.0 Å². The molecule has 1 heterocycles. The zero-order valence-electron chi connectivity index (χ0n) is 40.1. The Labute approximate surface area is 315 Å². The minimum atomic E-state index is -2.98. The second-order valence-electron chi connectivity index (χ2n) is 12.6. The summed E-state index contributed by atoms with van der Waals surface area (Å²) >= 11 is 0. The standard InChI is InChI=1S/C50H35N/c1-2-37-31-36-16-4-13-25-47(36)51(37)48-26-14-12-18-39(48)33-27-29-34(30-28-33)49-42-21-8-10-23-44(42)50(45-24-11-9-22-43(45)49)46-32-35-15-3-5-17-38(35)40-19-6-7-20-41(40)46/h3-32H,2H2,1H3/i1D3,2D2,8D,9D,10D,11D,21D,22D,23D,24D. The highest BCUT2D eigenvalue weighted by atomic mass is 15.0. The lowest BCUT2D eigenvalue weighted by atomic mass is 9.83. The van der Waals surface area contributed by atoms with Crippen molar-refractivity contribution in [1.82, 2.24) is 4.57 Å². The maximum Gasteiger partial charge on any atom is 0.0629 e. The molecule has 1 aromatic heterocycles. The average Bonchev–Trinajstić information content (AvgIpc) is 3.70. The molecule has 0 fully saturated rings. The van der Waals surface area contributed by atoms with Crippen LogP contribution in [0.2, 0.25) is 0 Å². The largest absolute Gasteiger partial charge is 0.313 e. The lowest BCUT2D eigenvalue weighted by Gasteiger charge is -2.20. The molecule has 1 nitrogen and oxygen atoms in total. The molecule has 0 bridgehead atoms. The van der Waals surface area contributed by atoms with E-state index in [1.165, 1.54) is 0 Å². The number of rotatable bonds is 5. The quantitative estimate of drug-likeness (QED) is 0.128. The van der Waals surface area contributed by atoms with Gasteiger partial charge in [-0.15, -0.1) is 0 Å². The van der Waals surface area contributed by atoms with Crippen molar-refractivity contribution in [1.29, 1.82) is 0 Å². The Kier molecular flexibility index (Phi) is 4.44. The van der Waals surface area contributed by atoms with Crippen molar-refractivity contribution in [2.75, 3.05) is 0 Å². The molecule has 0 aliphatic rings. The van der Waals surface area contributed by atoms with Crippen molar-refractivity contribution in [2.24, 2.45) is 0 Å². The molecule has 51 heavy (non-hydrogen) atoms. The third kappa shape index (κ3) is 4.62. The number of fused-ring (bicyclic) bond motifs is 6. The van der Waals surface area contributed by atoms with Crippen LogP contribution in [0.25, 0.3) is 93.1 Å². The van der Waals surface area contributed by atoms with Gasteiger partial charge in [0.2, 0.25) is 0 Å². The van der Waals surface area contributed by atoms with Crippen molar-refractivity contribution in [3.05, 3.63) is 187 Å². The van der Waals surface area contributed by atoms with Crippen LogP contribution >= 0.6 is 0 Å². The summed E-state index contributed by atoms with van der Waals surface area (Å²) < 4.78 is 117. The topological polar surface area (TPSA) is 4.93 Å². The molecule has 0 N–H and O–H groups in total. The van der Waals surface area contributed by atoms with Gasteiger partial charge in [0.25, 0.3) is 0 Å². The van der Waals surface area contributed by atoms with Crippen molar-refractivity contribution in [3.8, 4) is 39.1 Å². The minimum absolute atomic E-state index is 0.0433. The van der Waals surface area contributed by atoms with Crippen LogP contribution in [0, 0.1) is 0 Å². The molecule has 0 aliphatic heterocycles. The molecule has 10 aromatic rings. The van der Waals surface area contributed by atoms with E-state index in [0.29, 0.717) is 38.8 Å². The Morgan fingerprint density at radius 1 is 0.490 bits per heavy atom. The molecule has 0 radical (unpaired) electrons. The first-order valence-corrected chi connectivity index (χ1v) is 16.7. The van der Waals surface area contributed by atoms with Gasteiger partial charge in [0.15, 0.2) is 0 Å². The van der Waals surface area contributed by atoms with Crippen LogP contribution < -0.4 is 0 Å². The fourth-order valence-corrected chi connectivity index (χ4v) is 7.68. The monoisotopic (exact) mass is 662 g/mol. The highest BCUT2D eigenvalue weighted by Gasteiger charge is 2.19. The van der Waals surface area contributed by atoms with Gasteiger partial charge in [0, 0.05) is 23.5 Å². The molecule has 0 aliphatic carbocycles. The van der Waals surface area contributed by atoms with Crippen LogP contribution in [-0.2, 0) is 6.37 Å². The predicted molar refractivity (Wildman–Crippen MR) is 219 cm³/mol. The van der Waals surface area contributed by atoms with E-state index in [1.54, 1.807) is 71.3 Å². The van der Waals surface area contributed by atoms with Crippen LogP contribution in [-0.4, -0.2) is 4.57 Å². The fraction of sp³-hybridized carbons (Fsp3) is 0.0400. The normalized spacial score (nSPS) is 15.9. The average molecular weight is 663 g/mol. The van der Waals surface area contributed by atoms with Gasteiger partial charge in [0.1, 0.15) is 0 Å². The molecule has 0 unspecified atom stereocenters. The van der Waals surface area contributed by atoms with Gasteiger partial charge in [-0.2, -0.15) is 0 Å². The van der Waals surface area contributed by atoms with Crippen LogP contribution in [0.4, 0.5) is 0 Å². The molecule has 9 aromatic carbocycles. The van der Waals surface area contributed by atoms with Gasteiger partial charge in [-0.3, -0.25) is 0 Å². The Hall–Kier alpha value is -6.44. The summed E-state index contributed by atoms with van der Waals surface area (Å²) in [5, 5.41) is 4.48. The van der Waals surface area contributed by atoms with E-state index in [0.717, 1.165) is 21.5 Å². The van der Waals surface area contributed by atoms with Gasteiger partial charge >= 0.3 is 0 Å². The second-order valence-corrected chi connectivity index (χ2v) is 12.6. The number of aryl methyl sites for hydroxylation is 1. The molecule has 240 valence electrons. The van der Waals surface area contributed by atoms with Gasteiger partial charge < -0.3 is 4.57 Å². The first-order valence-electron chi connectivity index (χ1n) is 23.2. The summed E-state index contributed by atoms with van der Waals surface area (Å²) in [6, 6.07) is 37.0. The summed E-state index contributed by atoms with van der Waals surface area (Å²) in [5.74, 6) is 0. The SMILES string of the molecule is [2H]c1c([2H])c([2H])c2c(-c3cc4ccccc4c4ccccc34)c3c([2H])c([2H])c([2H])c([2H])c3c(-c3ccc(-c4ccccc4-n4c(C([2H])([2H])C([2H])([2H])[2H])cc5ccccc54)cc3)c2c1[2H]. The van der Waals surface area contributed by atoms with Crippen LogP contribution in [0.1, 0.15) is 30.4 Å². The Morgan fingerprint density at radius 3 is 1.78 bits per heavy atom. The lowest BCUT2D eigenvalue weighted by molar-refractivity contribution is 0.962. The summed E-state index contributed by atoms with van der Waals surface area (Å²) in [7, 11) is 0. The Morgan fingerprint density at radius 2 is 1.06 bits per heavy atom. The van der Waals surface area contributed by atoms with Gasteiger partial charge in [-0.05, 0) is 102 Å². The first kappa shape index (κ1) is 19.1. The molecule has 0 amide bonds. The van der Waals surface area contributed by atoms with E-state index in [-0.39, 0.29) is 62.5 Å².